The smallest absolute Gasteiger partial charge is 0.286 e. The highest BCUT2D eigenvalue weighted by atomic mass is 32.1. The molecule has 2 aromatic carbocycles. The van der Waals surface area contributed by atoms with Crippen LogP contribution in [0.2, 0.25) is 0 Å². The Labute approximate surface area is 178 Å². The maximum atomic E-state index is 12.4. The average Bonchev–Trinajstić information content (AvgIpc) is 3.22. The fourth-order valence-electron chi connectivity index (χ4n) is 2.77. The van der Waals surface area contributed by atoms with Gasteiger partial charge in [0.25, 0.3) is 11.8 Å². The third-order valence-corrected chi connectivity index (χ3v) is 5.22. The van der Waals surface area contributed by atoms with Gasteiger partial charge in [0.2, 0.25) is 5.01 Å². The molecule has 0 fully saturated rings. The molecule has 2 N–H and O–H groups in total. The number of anilines is 1. The minimum Gasteiger partial charge on any atom is -0.497 e. The van der Waals surface area contributed by atoms with E-state index in [-0.39, 0.29) is 11.8 Å². The summed E-state index contributed by atoms with van der Waals surface area (Å²) in [7, 11) is 5.16. The van der Waals surface area contributed by atoms with Crippen LogP contribution in [0.4, 0.5) is 5.69 Å². The number of carbonyl (C=O) groups is 2. The van der Waals surface area contributed by atoms with Gasteiger partial charge in [0.05, 0.1) is 13.7 Å². The Balaban J connectivity index is 1.54. The molecule has 8 nitrogen and oxygen atoms in total. The van der Waals surface area contributed by atoms with Crippen LogP contribution in [-0.4, -0.2) is 48.1 Å². The van der Waals surface area contributed by atoms with Gasteiger partial charge in [0, 0.05) is 24.8 Å². The number of ether oxygens (including phenoxy) is 1. The summed E-state index contributed by atoms with van der Waals surface area (Å²) >= 11 is 1.26. The molecule has 30 heavy (non-hydrogen) atoms. The van der Waals surface area contributed by atoms with Crippen molar-refractivity contribution in [2.45, 2.75) is 13.1 Å². The van der Waals surface area contributed by atoms with Crippen molar-refractivity contribution in [3.8, 4) is 5.75 Å². The van der Waals surface area contributed by atoms with Crippen molar-refractivity contribution in [1.82, 2.24) is 20.4 Å². The molecule has 1 heterocycles. The largest absolute Gasteiger partial charge is 0.497 e. The number of methoxy groups -OCH3 is 1. The van der Waals surface area contributed by atoms with Crippen molar-refractivity contribution < 1.29 is 14.3 Å². The summed E-state index contributed by atoms with van der Waals surface area (Å²) in [6.07, 6.45) is 0. The standard InChI is InChI=1S/C21H23N5O3S/c1-22-19(27)15-6-4-14(5-7-15)12-26(2)13-18-24-25-21(30-18)20(28)23-16-8-10-17(29-3)11-9-16/h4-11H,12-13H2,1-3H3,(H,22,27)(H,23,28). The number of hydrogen-bond donors (Lipinski definition) is 2. The van der Waals surface area contributed by atoms with Crippen molar-refractivity contribution >= 4 is 28.8 Å². The van der Waals surface area contributed by atoms with E-state index < -0.39 is 0 Å². The van der Waals surface area contributed by atoms with Crippen LogP contribution in [0, 0.1) is 0 Å². The van der Waals surface area contributed by atoms with E-state index in [9.17, 15) is 9.59 Å². The lowest BCUT2D eigenvalue weighted by atomic mass is 10.1. The van der Waals surface area contributed by atoms with Gasteiger partial charge in [-0.1, -0.05) is 23.5 Å². The molecule has 3 rings (SSSR count). The Bertz CT molecular complexity index is 1000. The maximum Gasteiger partial charge on any atom is 0.286 e. The van der Waals surface area contributed by atoms with Gasteiger partial charge in [0.15, 0.2) is 0 Å². The number of amides is 2. The third-order valence-electron chi connectivity index (χ3n) is 4.31. The van der Waals surface area contributed by atoms with Crippen LogP contribution in [0.5, 0.6) is 5.75 Å². The fourth-order valence-corrected chi connectivity index (χ4v) is 3.59. The highest BCUT2D eigenvalue weighted by molar-refractivity contribution is 7.13. The van der Waals surface area contributed by atoms with Gasteiger partial charge < -0.3 is 15.4 Å². The molecule has 156 valence electrons. The predicted octanol–water partition coefficient (Wildman–Crippen LogP) is 2.79. The summed E-state index contributed by atoms with van der Waals surface area (Å²) in [5.41, 5.74) is 2.36. The van der Waals surface area contributed by atoms with Crippen molar-refractivity contribution in [3.05, 3.63) is 69.7 Å². The number of nitrogens with zero attached hydrogens (tertiary/aromatic N) is 3. The lowest BCUT2D eigenvalue weighted by Gasteiger charge is -2.15. The Morgan fingerprint density at radius 3 is 2.33 bits per heavy atom. The van der Waals surface area contributed by atoms with Crippen LogP contribution < -0.4 is 15.4 Å². The Morgan fingerprint density at radius 1 is 1.00 bits per heavy atom. The Kier molecular flexibility index (Phi) is 7.10. The second-order valence-electron chi connectivity index (χ2n) is 6.63. The molecule has 1 aromatic heterocycles. The maximum absolute atomic E-state index is 12.4. The third kappa shape index (κ3) is 5.62. The number of carbonyl (C=O) groups excluding carboxylic acids is 2. The Morgan fingerprint density at radius 2 is 1.70 bits per heavy atom. The zero-order valence-electron chi connectivity index (χ0n) is 17.0. The van der Waals surface area contributed by atoms with Crippen molar-refractivity contribution in [3.63, 3.8) is 0 Å². The summed E-state index contributed by atoms with van der Waals surface area (Å²) in [4.78, 5) is 26.1. The van der Waals surface area contributed by atoms with E-state index in [1.54, 1.807) is 50.6 Å². The van der Waals surface area contributed by atoms with Crippen molar-refractivity contribution in [2.75, 3.05) is 26.5 Å². The molecule has 0 atom stereocenters. The second-order valence-corrected chi connectivity index (χ2v) is 7.69. The monoisotopic (exact) mass is 425 g/mol. The molecule has 0 radical (unpaired) electrons. The first kappa shape index (κ1) is 21.4. The molecule has 0 spiro atoms. The van der Waals surface area contributed by atoms with Gasteiger partial charge in [-0.25, -0.2) is 0 Å². The van der Waals surface area contributed by atoms with E-state index in [0.29, 0.717) is 29.3 Å². The zero-order chi connectivity index (χ0) is 21.5. The molecular weight excluding hydrogens is 402 g/mol. The van der Waals surface area contributed by atoms with E-state index in [4.69, 9.17) is 4.74 Å². The van der Waals surface area contributed by atoms with Crippen LogP contribution in [-0.2, 0) is 13.1 Å². The first-order valence-corrected chi connectivity index (χ1v) is 10.1. The molecule has 2 amide bonds. The first-order valence-electron chi connectivity index (χ1n) is 9.26. The molecule has 0 aliphatic rings. The molecule has 0 saturated carbocycles. The number of benzene rings is 2. The van der Waals surface area contributed by atoms with Crippen LogP contribution in [0.3, 0.4) is 0 Å². The quantitative estimate of drug-likeness (QED) is 0.576. The molecule has 0 aliphatic carbocycles. The van der Waals surface area contributed by atoms with Crippen LogP contribution in [0.15, 0.2) is 48.5 Å². The molecular formula is C21H23N5O3S. The minimum absolute atomic E-state index is 0.107. The van der Waals surface area contributed by atoms with Crippen molar-refractivity contribution in [1.29, 1.82) is 0 Å². The summed E-state index contributed by atoms with van der Waals surface area (Å²) in [5.74, 6) is 0.318. The molecule has 0 saturated heterocycles. The lowest BCUT2D eigenvalue weighted by molar-refractivity contribution is 0.0962. The van der Waals surface area contributed by atoms with Gasteiger partial charge in [-0.05, 0) is 49.0 Å². The molecule has 9 heteroatoms. The summed E-state index contributed by atoms with van der Waals surface area (Å²) in [5, 5.41) is 14.6. The second kappa shape index (κ2) is 9.95. The van der Waals surface area contributed by atoms with Crippen LogP contribution in [0.25, 0.3) is 0 Å². The van der Waals surface area contributed by atoms with E-state index >= 15 is 0 Å². The van der Waals surface area contributed by atoms with Crippen molar-refractivity contribution in [2.24, 2.45) is 0 Å². The van der Waals surface area contributed by atoms with Gasteiger partial charge in [0.1, 0.15) is 10.8 Å². The normalized spacial score (nSPS) is 10.7. The van der Waals surface area contributed by atoms with Gasteiger partial charge in [-0.15, -0.1) is 10.2 Å². The topological polar surface area (TPSA) is 96.5 Å². The van der Waals surface area contributed by atoms with Gasteiger partial charge in [-0.2, -0.15) is 0 Å². The van der Waals surface area contributed by atoms with Gasteiger partial charge >= 0.3 is 0 Å². The average molecular weight is 426 g/mol. The molecule has 3 aromatic rings. The fraction of sp³-hybridized carbons (Fsp3) is 0.238. The highest BCUT2D eigenvalue weighted by Crippen LogP contribution is 2.18. The molecule has 0 bridgehead atoms. The van der Waals surface area contributed by atoms with E-state index in [0.717, 1.165) is 16.3 Å². The van der Waals surface area contributed by atoms with Crippen LogP contribution in [0.1, 0.15) is 30.7 Å². The number of rotatable bonds is 8. The SMILES string of the molecule is CNC(=O)c1ccc(CN(C)Cc2nnc(C(=O)Nc3ccc(OC)cc3)s2)cc1. The predicted molar refractivity (Wildman–Crippen MR) is 116 cm³/mol. The minimum atomic E-state index is -0.295. The summed E-state index contributed by atoms with van der Waals surface area (Å²) < 4.78 is 5.11. The molecule has 0 unspecified atom stereocenters. The van der Waals surface area contributed by atoms with Gasteiger partial charge in [-0.3, -0.25) is 14.5 Å². The molecule has 0 aliphatic heterocycles. The van der Waals surface area contributed by atoms with E-state index in [1.165, 1.54) is 11.3 Å². The first-order chi connectivity index (χ1) is 14.5. The summed E-state index contributed by atoms with van der Waals surface area (Å²) in [6.45, 7) is 1.24. The van der Waals surface area contributed by atoms with Crippen LogP contribution >= 0.6 is 11.3 Å². The number of nitrogens with one attached hydrogen (secondary N) is 2. The van der Waals surface area contributed by atoms with E-state index in [1.807, 2.05) is 19.2 Å². The lowest BCUT2D eigenvalue weighted by Crippen LogP contribution is -2.19. The number of hydrogen-bond acceptors (Lipinski definition) is 7. The number of aromatic nitrogens is 2. The van der Waals surface area contributed by atoms with E-state index in [2.05, 4.69) is 25.7 Å². The highest BCUT2D eigenvalue weighted by Gasteiger charge is 2.14. The summed E-state index contributed by atoms with van der Waals surface area (Å²) in [6, 6.07) is 14.5. The zero-order valence-corrected chi connectivity index (χ0v) is 17.8. The Hall–Kier alpha value is -3.30.